The molecule has 0 fully saturated rings. The van der Waals surface area contributed by atoms with E-state index in [1.807, 2.05) is 0 Å². The van der Waals surface area contributed by atoms with Gasteiger partial charge in [-0.3, -0.25) is 4.79 Å². The van der Waals surface area contributed by atoms with Crippen LogP contribution >= 0.6 is 11.3 Å². The molecule has 3 rings (SSSR count). The van der Waals surface area contributed by atoms with Gasteiger partial charge in [-0.1, -0.05) is 30.3 Å². The fraction of sp³-hybridized carbons (Fsp3) is 0.105. The molecule has 0 aliphatic heterocycles. The van der Waals surface area contributed by atoms with E-state index in [4.69, 9.17) is 0 Å². The van der Waals surface area contributed by atoms with Crippen LogP contribution in [0.3, 0.4) is 0 Å². The molecule has 1 amide bonds. The van der Waals surface area contributed by atoms with E-state index in [0.717, 1.165) is 6.07 Å². The van der Waals surface area contributed by atoms with Crippen LogP contribution in [-0.4, -0.2) is 20.9 Å². The molecule has 0 aliphatic carbocycles. The second-order valence-electron chi connectivity index (χ2n) is 5.58. The Morgan fingerprint density at radius 2 is 1.81 bits per heavy atom. The molecular weight excluding hydrogens is 373 g/mol. The van der Waals surface area contributed by atoms with Gasteiger partial charge in [0.05, 0.1) is 4.90 Å². The standard InChI is InChI=1S/C19H16FNO3S2/c20-15-7-4-6-14(12-15)19(22)21-13-18(17-10-5-11-25-17)26(23,24)16-8-2-1-3-9-16/h1-12,18H,13H2,(H,21,22)/t18-/m1/s1. The van der Waals surface area contributed by atoms with Gasteiger partial charge in [0.2, 0.25) is 0 Å². The van der Waals surface area contributed by atoms with E-state index in [9.17, 15) is 17.6 Å². The molecule has 1 aromatic heterocycles. The lowest BCUT2D eigenvalue weighted by molar-refractivity contribution is 0.0953. The number of carbonyl (C=O) groups is 1. The monoisotopic (exact) mass is 389 g/mol. The van der Waals surface area contributed by atoms with E-state index in [0.29, 0.717) is 4.88 Å². The van der Waals surface area contributed by atoms with Gasteiger partial charge < -0.3 is 5.32 Å². The van der Waals surface area contributed by atoms with Gasteiger partial charge in [-0.2, -0.15) is 0 Å². The number of benzene rings is 2. The number of thiophene rings is 1. The lowest BCUT2D eigenvalue weighted by atomic mass is 10.2. The van der Waals surface area contributed by atoms with Crippen LogP contribution in [0, 0.1) is 5.82 Å². The van der Waals surface area contributed by atoms with Gasteiger partial charge in [-0.15, -0.1) is 11.3 Å². The maximum atomic E-state index is 13.3. The fourth-order valence-corrected chi connectivity index (χ4v) is 5.33. The zero-order valence-corrected chi connectivity index (χ0v) is 15.3. The maximum absolute atomic E-state index is 13.3. The minimum Gasteiger partial charge on any atom is -0.350 e. The quantitative estimate of drug-likeness (QED) is 0.697. The molecule has 0 saturated carbocycles. The van der Waals surface area contributed by atoms with Crippen molar-refractivity contribution < 1.29 is 17.6 Å². The largest absolute Gasteiger partial charge is 0.350 e. The summed E-state index contributed by atoms with van der Waals surface area (Å²) in [4.78, 5) is 13.1. The second kappa shape index (κ2) is 7.80. The molecule has 1 heterocycles. The van der Waals surface area contributed by atoms with E-state index in [1.165, 1.54) is 41.7 Å². The van der Waals surface area contributed by atoms with Crippen LogP contribution in [0.15, 0.2) is 77.0 Å². The lowest BCUT2D eigenvalue weighted by Crippen LogP contribution is -2.31. The van der Waals surface area contributed by atoms with Crippen molar-refractivity contribution in [1.82, 2.24) is 5.32 Å². The number of amides is 1. The van der Waals surface area contributed by atoms with Crippen LogP contribution < -0.4 is 5.32 Å². The molecule has 2 aromatic carbocycles. The molecule has 0 bridgehead atoms. The van der Waals surface area contributed by atoms with Gasteiger partial charge in [-0.25, -0.2) is 12.8 Å². The summed E-state index contributed by atoms with van der Waals surface area (Å²) < 4.78 is 39.3. The average molecular weight is 389 g/mol. The molecule has 0 unspecified atom stereocenters. The summed E-state index contributed by atoms with van der Waals surface area (Å²) in [5, 5.41) is 3.49. The number of rotatable bonds is 6. The van der Waals surface area contributed by atoms with Crippen molar-refractivity contribution >= 4 is 27.1 Å². The molecule has 1 atom stereocenters. The van der Waals surface area contributed by atoms with Crippen LogP contribution in [0.2, 0.25) is 0 Å². The third-order valence-electron chi connectivity index (χ3n) is 3.84. The Labute approximate surface area is 155 Å². The zero-order valence-electron chi connectivity index (χ0n) is 13.6. The smallest absolute Gasteiger partial charge is 0.251 e. The Morgan fingerprint density at radius 1 is 1.04 bits per heavy atom. The molecule has 0 spiro atoms. The van der Waals surface area contributed by atoms with Gasteiger partial charge in [-0.05, 0) is 41.8 Å². The molecule has 4 nitrogen and oxygen atoms in total. The minimum atomic E-state index is -3.69. The Balaban J connectivity index is 1.85. The highest BCUT2D eigenvalue weighted by Crippen LogP contribution is 2.31. The highest BCUT2D eigenvalue weighted by Gasteiger charge is 2.30. The fourth-order valence-electron chi connectivity index (χ4n) is 2.53. The van der Waals surface area contributed by atoms with E-state index in [2.05, 4.69) is 5.32 Å². The first-order valence-electron chi connectivity index (χ1n) is 7.84. The summed E-state index contributed by atoms with van der Waals surface area (Å²) in [5.41, 5.74) is 0.145. The summed E-state index contributed by atoms with van der Waals surface area (Å²) in [6.45, 7) is -0.104. The van der Waals surface area contributed by atoms with Gasteiger partial charge in [0, 0.05) is 17.0 Å². The first-order chi connectivity index (χ1) is 12.5. The van der Waals surface area contributed by atoms with Crippen molar-refractivity contribution in [3.05, 3.63) is 88.4 Å². The van der Waals surface area contributed by atoms with Crippen molar-refractivity contribution in [3.8, 4) is 0 Å². The second-order valence-corrected chi connectivity index (χ2v) is 8.69. The van der Waals surface area contributed by atoms with Gasteiger partial charge >= 0.3 is 0 Å². The first-order valence-corrected chi connectivity index (χ1v) is 10.3. The van der Waals surface area contributed by atoms with E-state index >= 15 is 0 Å². The number of halogens is 1. The highest BCUT2D eigenvalue weighted by molar-refractivity contribution is 7.91. The van der Waals surface area contributed by atoms with Crippen LogP contribution in [0.1, 0.15) is 20.5 Å². The van der Waals surface area contributed by atoms with E-state index < -0.39 is 26.8 Å². The number of carbonyl (C=O) groups excluding carboxylic acids is 1. The highest BCUT2D eigenvalue weighted by atomic mass is 32.2. The Kier molecular flexibility index (Phi) is 5.49. The van der Waals surface area contributed by atoms with Crippen molar-refractivity contribution in [2.75, 3.05) is 6.54 Å². The molecule has 0 saturated heterocycles. The third-order valence-corrected chi connectivity index (χ3v) is 7.08. The van der Waals surface area contributed by atoms with Crippen molar-refractivity contribution in [2.45, 2.75) is 10.1 Å². The van der Waals surface area contributed by atoms with Gasteiger partial charge in [0.15, 0.2) is 9.84 Å². The van der Waals surface area contributed by atoms with E-state index in [-0.39, 0.29) is 17.0 Å². The van der Waals surface area contributed by atoms with Crippen molar-refractivity contribution in [3.63, 3.8) is 0 Å². The molecule has 0 radical (unpaired) electrons. The predicted octanol–water partition coefficient (Wildman–Crippen LogP) is 3.83. The SMILES string of the molecule is O=C(NC[C@H](c1cccs1)S(=O)(=O)c1ccccc1)c1cccc(F)c1. The first kappa shape index (κ1) is 18.3. The third kappa shape index (κ3) is 4.00. The molecule has 1 N–H and O–H groups in total. The van der Waals surface area contributed by atoms with Gasteiger partial charge in [0.1, 0.15) is 11.1 Å². The number of hydrogen-bond acceptors (Lipinski definition) is 4. The van der Waals surface area contributed by atoms with Crippen LogP contribution in [0.5, 0.6) is 0 Å². The summed E-state index contributed by atoms with van der Waals surface area (Å²) in [6.07, 6.45) is 0. The molecule has 134 valence electrons. The van der Waals surface area contributed by atoms with Crippen LogP contribution in [-0.2, 0) is 9.84 Å². The topological polar surface area (TPSA) is 63.2 Å². The Morgan fingerprint density at radius 3 is 2.46 bits per heavy atom. The molecular formula is C19H16FNO3S2. The summed E-state index contributed by atoms with van der Waals surface area (Å²) in [6, 6.07) is 16.9. The zero-order chi connectivity index (χ0) is 18.6. The predicted molar refractivity (Wildman–Crippen MR) is 99.4 cm³/mol. The van der Waals surface area contributed by atoms with Crippen LogP contribution in [0.4, 0.5) is 4.39 Å². The molecule has 3 aromatic rings. The normalized spacial score (nSPS) is 12.5. The molecule has 26 heavy (non-hydrogen) atoms. The van der Waals surface area contributed by atoms with Crippen molar-refractivity contribution in [2.24, 2.45) is 0 Å². The summed E-state index contributed by atoms with van der Waals surface area (Å²) in [7, 11) is -3.69. The summed E-state index contributed by atoms with van der Waals surface area (Å²) in [5.74, 6) is -1.04. The Hall–Kier alpha value is -2.51. The average Bonchev–Trinajstić information content (AvgIpc) is 3.16. The van der Waals surface area contributed by atoms with Crippen LogP contribution in [0.25, 0.3) is 0 Å². The maximum Gasteiger partial charge on any atom is 0.251 e. The molecule has 7 heteroatoms. The van der Waals surface area contributed by atoms with Gasteiger partial charge in [0.25, 0.3) is 5.91 Å². The number of hydrogen-bond donors (Lipinski definition) is 1. The van der Waals surface area contributed by atoms with Crippen molar-refractivity contribution in [1.29, 1.82) is 0 Å². The number of sulfone groups is 1. The summed E-state index contributed by atoms with van der Waals surface area (Å²) >= 11 is 1.31. The molecule has 0 aliphatic rings. The number of nitrogens with one attached hydrogen (secondary N) is 1. The Bertz CT molecular complexity index is 987. The van der Waals surface area contributed by atoms with E-state index in [1.54, 1.807) is 35.7 Å². The lowest BCUT2D eigenvalue weighted by Gasteiger charge is -2.17. The minimum absolute atomic E-state index is 0.104.